The molecule has 1 unspecified atom stereocenters. The Morgan fingerprint density at radius 2 is 2.14 bits per heavy atom. The number of carbonyl (C=O) groups is 1. The summed E-state index contributed by atoms with van der Waals surface area (Å²) in [5, 5.41) is 4.01. The van der Waals surface area contributed by atoms with E-state index in [9.17, 15) is 4.79 Å². The average Bonchev–Trinajstić information content (AvgIpc) is 2.99. The second-order valence-electron chi connectivity index (χ2n) is 5.64. The molecule has 1 fully saturated rings. The second-order valence-corrected chi connectivity index (χ2v) is 5.64. The summed E-state index contributed by atoms with van der Waals surface area (Å²) < 4.78 is 16.5. The molecule has 0 saturated carbocycles. The van der Waals surface area contributed by atoms with Gasteiger partial charge in [-0.3, -0.25) is 4.79 Å². The Labute approximate surface area is 129 Å². The van der Waals surface area contributed by atoms with E-state index in [4.69, 9.17) is 13.9 Å². The van der Waals surface area contributed by atoms with Gasteiger partial charge in [-0.2, -0.15) is 0 Å². The van der Waals surface area contributed by atoms with E-state index in [1.165, 1.54) is 0 Å². The number of fused-ring (bicyclic) bond motifs is 1. The lowest BCUT2D eigenvalue weighted by Crippen LogP contribution is -2.35. The maximum atomic E-state index is 12.3. The summed E-state index contributed by atoms with van der Waals surface area (Å²) >= 11 is 0. The number of hydrogen-bond acceptors (Lipinski definition) is 4. The molecular weight excluding hydrogens is 282 g/mol. The Kier molecular flexibility index (Phi) is 4.34. The van der Waals surface area contributed by atoms with Crippen molar-refractivity contribution in [2.75, 3.05) is 20.3 Å². The van der Waals surface area contributed by atoms with Crippen LogP contribution in [0.4, 0.5) is 0 Å². The van der Waals surface area contributed by atoms with Crippen molar-refractivity contribution in [3.05, 3.63) is 30.0 Å². The van der Waals surface area contributed by atoms with Crippen LogP contribution in [0.1, 0.15) is 31.6 Å². The van der Waals surface area contributed by atoms with Crippen LogP contribution in [-0.4, -0.2) is 26.2 Å². The van der Waals surface area contributed by atoms with Crippen LogP contribution in [-0.2, 0) is 9.53 Å². The average molecular weight is 303 g/mol. The van der Waals surface area contributed by atoms with Crippen molar-refractivity contribution >= 4 is 16.9 Å². The van der Waals surface area contributed by atoms with Crippen LogP contribution >= 0.6 is 0 Å². The van der Waals surface area contributed by atoms with Crippen LogP contribution in [0.15, 0.2) is 28.7 Å². The van der Waals surface area contributed by atoms with Crippen molar-refractivity contribution in [1.29, 1.82) is 0 Å². The molecule has 0 spiro atoms. The summed E-state index contributed by atoms with van der Waals surface area (Å²) in [7, 11) is 1.62. The fourth-order valence-electron chi connectivity index (χ4n) is 2.79. The van der Waals surface area contributed by atoms with Gasteiger partial charge in [-0.1, -0.05) is 12.1 Å². The number of hydrogen-bond donors (Lipinski definition) is 1. The van der Waals surface area contributed by atoms with Gasteiger partial charge >= 0.3 is 0 Å². The van der Waals surface area contributed by atoms with E-state index in [0.29, 0.717) is 24.5 Å². The zero-order valence-electron chi connectivity index (χ0n) is 12.9. The predicted molar refractivity (Wildman–Crippen MR) is 82.9 cm³/mol. The highest BCUT2D eigenvalue weighted by Crippen LogP contribution is 2.31. The van der Waals surface area contributed by atoms with Gasteiger partial charge in [0.15, 0.2) is 11.3 Å². The molecule has 1 atom stereocenters. The number of benzene rings is 1. The lowest BCUT2D eigenvalue weighted by molar-refractivity contribution is -0.128. The molecule has 1 amide bonds. The molecule has 1 N–H and O–H groups in total. The van der Waals surface area contributed by atoms with Crippen LogP contribution in [0, 0.1) is 5.92 Å². The van der Waals surface area contributed by atoms with Crippen molar-refractivity contribution < 1.29 is 18.7 Å². The lowest BCUT2D eigenvalue weighted by Gasteiger charge is -2.22. The third kappa shape index (κ3) is 2.95. The van der Waals surface area contributed by atoms with Crippen LogP contribution in [0.2, 0.25) is 0 Å². The highest BCUT2D eigenvalue weighted by atomic mass is 16.5. The van der Waals surface area contributed by atoms with Crippen molar-refractivity contribution in [3.63, 3.8) is 0 Å². The van der Waals surface area contributed by atoms with E-state index in [1.807, 2.05) is 31.2 Å². The van der Waals surface area contributed by atoms with E-state index < -0.39 is 0 Å². The first-order valence-electron chi connectivity index (χ1n) is 7.63. The third-order valence-electron chi connectivity index (χ3n) is 4.12. The van der Waals surface area contributed by atoms with Gasteiger partial charge in [-0.15, -0.1) is 0 Å². The molecule has 0 bridgehead atoms. The second kappa shape index (κ2) is 6.40. The van der Waals surface area contributed by atoms with Crippen molar-refractivity contribution in [2.45, 2.75) is 25.8 Å². The monoisotopic (exact) mass is 303 g/mol. The minimum absolute atomic E-state index is 0.0371. The summed E-state index contributed by atoms with van der Waals surface area (Å²) in [6.07, 6.45) is 1.57. The number of methoxy groups -OCH3 is 1. The zero-order chi connectivity index (χ0) is 15.5. The summed E-state index contributed by atoms with van der Waals surface area (Å²) in [6.45, 7) is 3.25. The molecule has 22 heavy (non-hydrogen) atoms. The zero-order valence-corrected chi connectivity index (χ0v) is 12.9. The highest BCUT2D eigenvalue weighted by Gasteiger charge is 2.24. The molecule has 0 aliphatic carbocycles. The van der Waals surface area contributed by atoms with Crippen molar-refractivity contribution in [1.82, 2.24) is 5.32 Å². The maximum Gasteiger partial charge on any atom is 0.223 e. The fraction of sp³-hybridized carbons (Fsp3) is 0.471. The van der Waals surface area contributed by atoms with E-state index in [0.717, 1.165) is 24.0 Å². The molecule has 5 nitrogen and oxygen atoms in total. The quantitative estimate of drug-likeness (QED) is 0.943. The molecule has 3 rings (SSSR count). The molecule has 2 aromatic rings. The van der Waals surface area contributed by atoms with E-state index >= 15 is 0 Å². The smallest absolute Gasteiger partial charge is 0.223 e. The fourth-order valence-corrected chi connectivity index (χ4v) is 2.79. The Balaban J connectivity index is 1.74. The number of para-hydroxylation sites is 1. The summed E-state index contributed by atoms with van der Waals surface area (Å²) in [6, 6.07) is 7.53. The van der Waals surface area contributed by atoms with Gasteiger partial charge in [0, 0.05) is 24.5 Å². The SMILES string of the molecule is COc1cccc2cc(C(C)NC(=O)C3CCOCC3)oc12. The number of ether oxygens (including phenoxy) is 2. The minimum atomic E-state index is -0.174. The van der Waals surface area contributed by atoms with Crippen molar-refractivity contribution in [2.24, 2.45) is 5.92 Å². The number of carbonyl (C=O) groups excluding carboxylic acids is 1. The number of nitrogens with one attached hydrogen (secondary N) is 1. The maximum absolute atomic E-state index is 12.3. The number of rotatable bonds is 4. The predicted octanol–water partition coefficient (Wildman–Crippen LogP) is 3.05. The third-order valence-corrected chi connectivity index (χ3v) is 4.12. The van der Waals surface area contributed by atoms with Gasteiger partial charge in [0.2, 0.25) is 5.91 Å². The Hall–Kier alpha value is -2.01. The Morgan fingerprint density at radius 1 is 1.36 bits per heavy atom. The largest absolute Gasteiger partial charge is 0.493 e. The van der Waals surface area contributed by atoms with E-state index in [2.05, 4.69) is 5.32 Å². The van der Waals surface area contributed by atoms with E-state index in [1.54, 1.807) is 7.11 Å². The summed E-state index contributed by atoms with van der Waals surface area (Å²) in [4.78, 5) is 12.3. The highest BCUT2D eigenvalue weighted by molar-refractivity contribution is 5.84. The first-order valence-corrected chi connectivity index (χ1v) is 7.63. The summed E-state index contributed by atoms with van der Waals surface area (Å²) in [5.74, 6) is 1.55. The molecule has 0 radical (unpaired) electrons. The van der Waals surface area contributed by atoms with Gasteiger partial charge in [0.05, 0.1) is 13.2 Å². The molecule has 5 heteroatoms. The topological polar surface area (TPSA) is 60.7 Å². The van der Waals surface area contributed by atoms with Gasteiger partial charge < -0.3 is 19.2 Å². The first-order chi connectivity index (χ1) is 10.7. The summed E-state index contributed by atoms with van der Waals surface area (Å²) in [5.41, 5.74) is 0.715. The Bertz CT molecular complexity index is 658. The molecular formula is C17H21NO4. The van der Waals surface area contributed by atoms with Gasteiger partial charge in [0.25, 0.3) is 0 Å². The molecule has 1 aromatic carbocycles. The van der Waals surface area contributed by atoms with Gasteiger partial charge in [0.1, 0.15) is 5.76 Å². The molecule has 1 aromatic heterocycles. The number of amides is 1. The van der Waals surface area contributed by atoms with Gasteiger partial charge in [-0.25, -0.2) is 0 Å². The van der Waals surface area contributed by atoms with Crippen LogP contribution in [0.5, 0.6) is 5.75 Å². The molecule has 1 aliphatic heterocycles. The molecule has 2 heterocycles. The molecule has 118 valence electrons. The standard InChI is InChI=1S/C17H21NO4/c1-11(18-17(19)12-6-8-21-9-7-12)15-10-13-4-3-5-14(20-2)16(13)22-15/h3-5,10-12H,6-9H2,1-2H3,(H,18,19). The van der Waals surface area contributed by atoms with E-state index in [-0.39, 0.29) is 17.9 Å². The molecule has 1 aliphatic rings. The lowest BCUT2D eigenvalue weighted by atomic mass is 9.99. The van der Waals surface area contributed by atoms with Crippen LogP contribution < -0.4 is 10.1 Å². The van der Waals surface area contributed by atoms with Crippen LogP contribution in [0.3, 0.4) is 0 Å². The van der Waals surface area contributed by atoms with Crippen molar-refractivity contribution in [3.8, 4) is 5.75 Å². The Morgan fingerprint density at radius 3 is 2.86 bits per heavy atom. The minimum Gasteiger partial charge on any atom is -0.493 e. The first kappa shape index (κ1) is 14.9. The molecule has 1 saturated heterocycles. The van der Waals surface area contributed by atoms with Crippen LogP contribution in [0.25, 0.3) is 11.0 Å². The normalized spacial score (nSPS) is 17.4. The van der Waals surface area contributed by atoms with Gasteiger partial charge in [-0.05, 0) is 31.9 Å². The number of furan rings is 1.